The summed E-state index contributed by atoms with van der Waals surface area (Å²) in [7, 11) is 2.98. The van der Waals surface area contributed by atoms with Crippen molar-refractivity contribution in [1.82, 2.24) is 4.90 Å². The molecule has 0 aliphatic carbocycles. The summed E-state index contributed by atoms with van der Waals surface area (Å²) in [4.78, 5) is 13.9. The molecule has 110 valence electrons. The van der Waals surface area contributed by atoms with Crippen molar-refractivity contribution in [1.29, 1.82) is 0 Å². The molecule has 1 aromatic carbocycles. The summed E-state index contributed by atoms with van der Waals surface area (Å²) in [6.45, 7) is 2.58. The largest absolute Gasteiger partial charge is 0.493 e. The first kappa shape index (κ1) is 14.9. The molecule has 0 atom stereocenters. The highest BCUT2D eigenvalue weighted by Crippen LogP contribution is 2.37. The average Bonchev–Trinajstić information content (AvgIpc) is 2.42. The number of methoxy groups -OCH3 is 2. The molecule has 0 saturated carbocycles. The Balaban J connectivity index is 2.22. The van der Waals surface area contributed by atoms with E-state index >= 15 is 0 Å². The lowest BCUT2D eigenvalue weighted by atomic mass is 9.90. The molecule has 1 amide bonds. The Bertz CT molecular complexity index is 526. The second kappa shape index (κ2) is 5.50. The molecule has 1 aliphatic rings. The van der Waals surface area contributed by atoms with Gasteiger partial charge in [0.15, 0.2) is 11.5 Å². The Morgan fingerprint density at radius 1 is 1.40 bits per heavy atom. The number of halogens is 1. The van der Waals surface area contributed by atoms with Crippen LogP contribution in [0.2, 0.25) is 5.02 Å². The topological polar surface area (TPSA) is 59.0 Å². The molecule has 2 rings (SSSR count). The van der Waals surface area contributed by atoms with Crippen LogP contribution in [0.4, 0.5) is 0 Å². The van der Waals surface area contributed by atoms with Crippen LogP contribution in [0.5, 0.6) is 11.5 Å². The second-order valence-electron chi connectivity index (χ2n) is 4.93. The molecular weight excluding hydrogens is 282 g/mol. The predicted molar refractivity (Wildman–Crippen MR) is 75.7 cm³/mol. The van der Waals surface area contributed by atoms with E-state index < -0.39 is 5.60 Å². The first-order valence-electron chi connectivity index (χ1n) is 6.37. The van der Waals surface area contributed by atoms with Gasteiger partial charge in [0.25, 0.3) is 5.91 Å². The summed E-state index contributed by atoms with van der Waals surface area (Å²) in [5.41, 5.74) is -0.332. The van der Waals surface area contributed by atoms with Crippen molar-refractivity contribution < 1.29 is 19.4 Å². The predicted octanol–water partition coefficient (Wildman–Crippen LogP) is 1.95. The number of rotatable bonds is 4. The Morgan fingerprint density at radius 3 is 2.55 bits per heavy atom. The standard InChI is InChI=1S/C14H18ClNO4/c1-4-14(18)7-16(8-14)13(17)9-5-10(15)12(20-3)11(6-9)19-2/h5-6,18H,4,7-8H2,1-3H3. The zero-order valence-corrected chi connectivity index (χ0v) is 12.5. The van der Waals surface area contributed by atoms with Crippen LogP contribution >= 0.6 is 11.6 Å². The third-order valence-electron chi connectivity index (χ3n) is 3.60. The van der Waals surface area contributed by atoms with Crippen LogP contribution in [0.1, 0.15) is 23.7 Å². The van der Waals surface area contributed by atoms with Crippen LogP contribution in [-0.4, -0.2) is 48.8 Å². The van der Waals surface area contributed by atoms with Gasteiger partial charge in [-0.1, -0.05) is 18.5 Å². The Kier molecular flexibility index (Phi) is 4.11. The van der Waals surface area contributed by atoms with Gasteiger partial charge in [-0.3, -0.25) is 4.79 Å². The maximum absolute atomic E-state index is 12.3. The number of β-amino-alcohol motifs (C(OH)–C–C–N with tert-alkyl or cyclic N) is 1. The van der Waals surface area contributed by atoms with Crippen LogP contribution in [0.15, 0.2) is 12.1 Å². The van der Waals surface area contributed by atoms with Crippen LogP contribution in [0.25, 0.3) is 0 Å². The molecule has 1 N–H and O–H groups in total. The first-order valence-corrected chi connectivity index (χ1v) is 6.75. The van der Waals surface area contributed by atoms with E-state index in [4.69, 9.17) is 21.1 Å². The van der Waals surface area contributed by atoms with E-state index in [-0.39, 0.29) is 5.91 Å². The van der Waals surface area contributed by atoms with Crippen molar-refractivity contribution >= 4 is 17.5 Å². The van der Waals surface area contributed by atoms with Gasteiger partial charge in [-0.05, 0) is 18.6 Å². The van der Waals surface area contributed by atoms with E-state index in [1.807, 2.05) is 6.92 Å². The number of likely N-dealkylation sites (tertiary alicyclic amines) is 1. The lowest BCUT2D eigenvalue weighted by Crippen LogP contribution is -2.63. The van der Waals surface area contributed by atoms with Gasteiger partial charge in [0.05, 0.1) is 37.9 Å². The van der Waals surface area contributed by atoms with E-state index in [9.17, 15) is 9.90 Å². The molecule has 1 saturated heterocycles. The quantitative estimate of drug-likeness (QED) is 0.923. The zero-order chi connectivity index (χ0) is 14.9. The third-order valence-corrected chi connectivity index (χ3v) is 3.88. The van der Waals surface area contributed by atoms with Crippen molar-refractivity contribution in [3.63, 3.8) is 0 Å². The number of benzene rings is 1. The maximum atomic E-state index is 12.3. The number of hydrogen-bond acceptors (Lipinski definition) is 4. The average molecular weight is 300 g/mol. The minimum absolute atomic E-state index is 0.175. The molecule has 6 heteroatoms. The van der Waals surface area contributed by atoms with Gasteiger partial charge in [0, 0.05) is 5.56 Å². The molecule has 0 radical (unpaired) electrons. The summed E-state index contributed by atoms with van der Waals surface area (Å²) in [6.07, 6.45) is 0.628. The molecule has 0 spiro atoms. The molecule has 0 aromatic heterocycles. The van der Waals surface area contributed by atoms with E-state index in [1.54, 1.807) is 17.0 Å². The van der Waals surface area contributed by atoms with Crippen molar-refractivity contribution in [2.45, 2.75) is 18.9 Å². The Labute approximate surface area is 123 Å². The summed E-state index contributed by atoms with van der Waals surface area (Å²) in [6, 6.07) is 3.14. The van der Waals surface area contributed by atoms with Gasteiger partial charge in [-0.2, -0.15) is 0 Å². The third kappa shape index (κ3) is 2.55. The highest BCUT2D eigenvalue weighted by Gasteiger charge is 2.42. The van der Waals surface area contributed by atoms with Crippen LogP contribution in [-0.2, 0) is 0 Å². The SMILES string of the molecule is CCC1(O)CN(C(=O)c2cc(Cl)c(OC)c(OC)c2)C1. The van der Waals surface area contributed by atoms with Gasteiger partial charge in [-0.15, -0.1) is 0 Å². The van der Waals surface area contributed by atoms with Crippen molar-refractivity contribution in [3.8, 4) is 11.5 Å². The summed E-state index contributed by atoms with van der Waals surface area (Å²) in [5, 5.41) is 10.3. The minimum atomic E-state index is -0.754. The first-order chi connectivity index (χ1) is 9.44. The van der Waals surface area contributed by atoms with Crippen LogP contribution < -0.4 is 9.47 Å². The molecule has 1 heterocycles. The fourth-order valence-corrected chi connectivity index (χ4v) is 2.54. The molecule has 1 aromatic rings. The second-order valence-corrected chi connectivity index (χ2v) is 5.34. The normalized spacial score (nSPS) is 16.6. The van der Waals surface area contributed by atoms with Crippen molar-refractivity contribution in [2.75, 3.05) is 27.3 Å². The van der Waals surface area contributed by atoms with E-state index in [0.29, 0.717) is 41.6 Å². The smallest absolute Gasteiger partial charge is 0.254 e. The van der Waals surface area contributed by atoms with Crippen LogP contribution in [0, 0.1) is 0 Å². The fraction of sp³-hybridized carbons (Fsp3) is 0.500. The molecule has 5 nitrogen and oxygen atoms in total. The molecular formula is C14H18ClNO4. The molecule has 20 heavy (non-hydrogen) atoms. The number of amides is 1. The number of carbonyl (C=O) groups is 1. The molecule has 1 aliphatic heterocycles. The lowest BCUT2D eigenvalue weighted by molar-refractivity contribution is -0.0826. The van der Waals surface area contributed by atoms with E-state index in [0.717, 1.165) is 0 Å². The number of carbonyl (C=O) groups excluding carboxylic acids is 1. The zero-order valence-electron chi connectivity index (χ0n) is 11.8. The van der Waals surface area contributed by atoms with Gasteiger partial charge in [-0.25, -0.2) is 0 Å². The summed E-state index contributed by atoms with van der Waals surface area (Å²) >= 11 is 6.08. The molecule has 0 unspecified atom stereocenters. The van der Waals surface area contributed by atoms with Crippen LogP contribution in [0.3, 0.4) is 0 Å². The summed E-state index contributed by atoms with van der Waals surface area (Å²) in [5.74, 6) is 0.639. The highest BCUT2D eigenvalue weighted by molar-refractivity contribution is 6.32. The van der Waals surface area contributed by atoms with E-state index in [1.165, 1.54) is 14.2 Å². The van der Waals surface area contributed by atoms with Gasteiger partial charge in [0.2, 0.25) is 0 Å². The molecule has 1 fully saturated rings. The lowest BCUT2D eigenvalue weighted by Gasteiger charge is -2.46. The maximum Gasteiger partial charge on any atom is 0.254 e. The fourth-order valence-electron chi connectivity index (χ4n) is 2.26. The highest BCUT2D eigenvalue weighted by atomic mass is 35.5. The monoisotopic (exact) mass is 299 g/mol. The van der Waals surface area contributed by atoms with Crippen molar-refractivity contribution in [3.05, 3.63) is 22.7 Å². The van der Waals surface area contributed by atoms with Crippen molar-refractivity contribution in [2.24, 2.45) is 0 Å². The number of nitrogens with zero attached hydrogens (tertiary/aromatic N) is 1. The van der Waals surface area contributed by atoms with E-state index in [2.05, 4.69) is 0 Å². The van der Waals surface area contributed by atoms with Gasteiger partial charge in [0.1, 0.15) is 0 Å². The minimum Gasteiger partial charge on any atom is -0.493 e. The Hall–Kier alpha value is -1.46. The van der Waals surface area contributed by atoms with Gasteiger partial charge < -0.3 is 19.5 Å². The van der Waals surface area contributed by atoms with Gasteiger partial charge >= 0.3 is 0 Å². The number of ether oxygens (including phenoxy) is 2. The number of hydrogen-bond donors (Lipinski definition) is 1. The summed E-state index contributed by atoms with van der Waals surface area (Å²) < 4.78 is 10.3. The Morgan fingerprint density at radius 2 is 2.05 bits per heavy atom. The molecule has 0 bridgehead atoms. The number of aliphatic hydroxyl groups is 1.